The Kier molecular flexibility index (Phi) is 6.51. The van der Waals surface area contributed by atoms with E-state index in [0.717, 1.165) is 35.2 Å². The van der Waals surface area contributed by atoms with Crippen LogP contribution in [0.25, 0.3) is 11.3 Å². The van der Waals surface area contributed by atoms with Crippen LogP contribution < -0.4 is 10.2 Å². The van der Waals surface area contributed by atoms with Crippen molar-refractivity contribution < 1.29 is 9.59 Å². The molecule has 3 aromatic rings. The Bertz CT molecular complexity index is 1140. The molecule has 0 atom stereocenters. The van der Waals surface area contributed by atoms with Gasteiger partial charge in [-0.05, 0) is 67.1 Å². The number of anilines is 1. The topological polar surface area (TPSA) is 75.2 Å². The number of pyridine rings is 2. The smallest absolute Gasteiger partial charge is 0.253 e. The Morgan fingerprint density at radius 3 is 2.59 bits per heavy atom. The van der Waals surface area contributed by atoms with Gasteiger partial charge in [-0.15, -0.1) is 0 Å². The lowest BCUT2D eigenvalue weighted by Gasteiger charge is -2.22. The van der Waals surface area contributed by atoms with Crippen molar-refractivity contribution in [3.63, 3.8) is 0 Å². The number of nitrogens with zero attached hydrogens (tertiary/aromatic N) is 3. The van der Waals surface area contributed by atoms with E-state index in [2.05, 4.69) is 15.3 Å². The number of hydrogen-bond acceptors (Lipinski definition) is 4. The summed E-state index contributed by atoms with van der Waals surface area (Å²) in [6.45, 7) is 4.66. The molecule has 1 saturated carbocycles. The number of halogens is 1. The van der Waals surface area contributed by atoms with Crippen LogP contribution in [0.1, 0.15) is 41.3 Å². The van der Waals surface area contributed by atoms with Crippen molar-refractivity contribution in [1.82, 2.24) is 15.3 Å². The molecule has 0 spiro atoms. The highest BCUT2D eigenvalue weighted by Gasteiger charge is 2.27. The lowest BCUT2D eigenvalue weighted by atomic mass is 10.1. The molecule has 1 aliphatic carbocycles. The molecule has 32 heavy (non-hydrogen) atoms. The van der Waals surface area contributed by atoms with E-state index in [1.807, 2.05) is 31.2 Å². The van der Waals surface area contributed by atoms with Gasteiger partial charge in [0.05, 0.1) is 22.0 Å². The van der Waals surface area contributed by atoms with Crippen molar-refractivity contribution in [1.29, 1.82) is 0 Å². The molecule has 1 N–H and O–H groups in total. The zero-order valence-corrected chi connectivity index (χ0v) is 18.9. The molecular weight excluding hydrogens is 424 g/mol. The first-order valence-electron chi connectivity index (χ1n) is 10.6. The molecule has 2 amide bonds. The molecule has 0 radical (unpaired) electrons. The molecule has 0 aliphatic heterocycles. The number of carbonyl (C=O) groups excluding carboxylic acids is 2. The summed E-state index contributed by atoms with van der Waals surface area (Å²) < 4.78 is 0. The molecule has 1 fully saturated rings. The number of hydrogen-bond donors (Lipinski definition) is 1. The van der Waals surface area contributed by atoms with Gasteiger partial charge in [-0.2, -0.15) is 0 Å². The third-order valence-corrected chi connectivity index (χ3v) is 5.97. The maximum Gasteiger partial charge on any atom is 0.253 e. The third-order valence-electron chi connectivity index (χ3n) is 5.66. The number of nitrogens with one attached hydrogen (secondary N) is 1. The fourth-order valence-electron chi connectivity index (χ4n) is 3.50. The molecule has 0 bridgehead atoms. The summed E-state index contributed by atoms with van der Waals surface area (Å²) in [6, 6.07) is 11.0. The highest BCUT2D eigenvalue weighted by molar-refractivity contribution is 6.34. The highest BCUT2D eigenvalue weighted by atomic mass is 35.5. The number of amides is 2. The van der Waals surface area contributed by atoms with Gasteiger partial charge in [-0.1, -0.05) is 17.7 Å². The first-order valence-corrected chi connectivity index (χ1v) is 11.0. The predicted octanol–water partition coefficient (Wildman–Crippen LogP) is 4.80. The van der Waals surface area contributed by atoms with Crippen LogP contribution in [0.5, 0.6) is 0 Å². The van der Waals surface area contributed by atoms with E-state index in [9.17, 15) is 9.59 Å². The molecule has 2 heterocycles. The van der Waals surface area contributed by atoms with Crippen molar-refractivity contribution >= 4 is 29.1 Å². The highest BCUT2D eigenvalue weighted by Crippen LogP contribution is 2.35. The van der Waals surface area contributed by atoms with Gasteiger partial charge in [-0.3, -0.25) is 19.6 Å². The Hall–Kier alpha value is -3.25. The van der Waals surface area contributed by atoms with Crippen molar-refractivity contribution in [2.75, 3.05) is 11.4 Å². The SMILES string of the molecule is CC(=O)N(CC1CC1)c1ccc(-c2ccc(C(=O)NCc3cnccc3C)cn2)cc1Cl. The number of rotatable bonds is 7. The molecule has 164 valence electrons. The predicted molar refractivity (Wildman–Crippen MR) is 126 cm³/mol. The van der Waals surface area contributed by atoms with Crippen LogP contribution in [0.2, 0.25) is 5.02 Å². The molecule has 1 aliphatic rings. The van der Waals surface area contributed by atoms with Crippen molar-refractivity contribution in [3.05, 3.63) is 76.7 Å². The van der Waals surface area contributed by atoms with Crippen LogP contribution in [0.15, 0.2) is 55.0 Å². The zero-order valence-electron chi connectivity index (χ0n) is 18.1. The van der Waals surface area contributed by atoms with E-state index in [4.69, 9.17) is 11.6 Å². The molecule has 2 aromatic heterocycles. The average Bonchev–Trinajstić information content (AvgIpc) is 3.61. The number of carbonyl (C=O) groups is 2. The Morgan fingerprint density at radius 1 is 1.16 bits per heavy atom. The quantitative estimate of drug-likeness (QED) is 0.563. The van der Waals surface area contributed by atoms with Crippen molar-refractivity contribution in [2.45, 2.75) is 33.2 Å². The second-order valence-electron chi connectivity index (χ2n) is 8.16. The van der Waals surface area contributed by atoms with Crippen LogP contribution in [0, 0.1) is 12.8 Å². The van der Waals surface area contributed by atoms with Gasteiger partial charge in [0, 0.05) is 44.2 Å². The second-order valence-corrected chi connectivity index (χ2v) is 8.56. The summed E-state index contributed by atoms with van der Waals surface area (Å²) >= 11 is 6.53. The average molecular weight is 449 g/mol. The van der Waals surface area contributed by atoms with Crippen LogP contribution in [-0.2, 0) is 11.3 Å². The van der Waals surface area contributed by atoms with Crippen LogP contribution in [-0.4, -0.2) is 28.3 Å². The number of aryl methyl sites for hydroxylation is 1. The lowest BCUT2D eigenvalue weighted by molar-refractivity contribution is -0.116. The first-order chi connectivity index (χ1) is 15.4. The Balaban J connectivity index is 1.45. The molecule has 7 heteroatoms. The van der Waals surface area contributed by atoms with E-state index >= 15 is 0 Å². The second kappa shape index (κ2) is 9.49. The fraction of sp³-hybridized carbons (Fsp3) is 0.280. The van der Waals surface area contributed by atoms with Crippen LogP contribution >= 0.6 is 11.6 Å². The van der Waals surface area contributed by atoms with Gasteiger partial charge in [-0.25, -0.2) is 0 Å². The summed E-state index contributed by atoms with van der Waals surface area (Å²) in [7, 11) is 0. The maximum atomic E-state index is 12.5. The van der Waals surface area contributed by atoms with Gasteiger partial charge < -0.3 is 10.2 Å². The van der Waals surface area contributed by atoms with Crippen molar-refractivity contribution in [3.8, 4) is 11.3 Å². The third kappa shape index (κ3) is 5.14. The summed E-state index contributed by atoms with van der Waals surface area (Å²) in [4.78, 5) is 34.8. The standard InChI is InChI=1S/C25H25ClN4O2/c1-16-9-10-27-12-21(16)14-29-25(32)20-5-7-23(28-13-20)19-6-8-24(22(26)11-19)30(17(2)31)15-18-3-4-18/h5-13,18H,3-4,14-15H2,1-2H3,(H,29,32). The van der Waals surface area contributed by atoms with Gasteiger partial charge in [0.1, 0.15) is 0 Å². The van der Waals surface area contributed by atoms with Gasteiger partial charge in [0.2, 0.25) is 5.91 Å². The minimum Gasteiger partial charge on any atom is -0.348 e. The van der Waals surface area contributed by atoms with Crippen molar-refractivity contribution in [2.24, 2.45) is 5.92 Å². The normalized spacial score (nSPS) is 13.0. The zero-order chi connectivity index (χ0) is 22.7. The largest absolute Gasteiger partial charge is 0.348 e. The number of benzene rings is 1. The molecule has 6 nitrogen and oxygen atoms in total. The van der Waals surface area contributed by atoms with E-state index in [1.165, 1.54) is 0 Å². The molecule has 0 unspecified atom stereocenters. The molecule has 4 rings (SSSR count). The lowest BCUT2D eigenvalue weighted by Crippen LogP contribution is -2.30. The fourth-order valence-corrected chi connectivity index (χ4v) is 3.78. The van der Waals surface area contributed by atoms with Crippen LogP contribution in [0.3, 0.4) is 0 Å². The summed E-state index contributed by atoms with van der Waals surface area (Å²) in [5.41, 5.74) is 4.78. The Morgan fingerprint density at radius 2 is 1.97 bits per heavy atom. The van der Waals surface area contributed by atoms with E-state index in [1.54, 1.807) is 42.5 Å². The maximum absolute atomic E-state index is 12.5. The molecule has 1 aromatic carbocycles. The van der Waals surface area contributed by atoms with Gasteiger partial charge >= 0.3 is 0 Å². The van der Waals surface area contributed by atoms with E-state index < -0.39 is 0 Å². The van der Waals surface area contributed by atoms with E-state index in [-0.39, 0.29) is 11.8 Å². The van der Waals surface area contributed by atoms with Gasteiger partial charge in [0.15, 0.2) is 0 Å². The monoisotopic (exact) mass is 448 g/mol. The Labute approximate surface area is 192 Å². The van der Waals surface area contributed by atoms with Gasteiger partial charge in [0.25, 0.3) is 5.91 Å². The minimum absolute atomic E-state index is 0.0125. The molecule has 0 saturated heterocycles. The van der Waals surface area contributed by atoms with Crippen LogP contribution in [0.4, 0.5) is 5.69 Å². The first kappa shape index (κ1) is 22.0. The molecular formula is C25H25ClN4O2. The summed E-state index contributed by atoms with van der Waals surface area (Å²) in [6.07, 6.45) is 7.35. The summed E-state index contributed by atoms with van der Waals surface area (Å²) in [5.74, 6) is 0.358. The van der Waals surface area contributed by atoms with E-state index in [0.29, 0.717) is 35.3 Å². The summed E-state index contributed by atoms with van der Waals surface area (Å²) in [5, 5.41) is 3.41. The number of aromatic nitrogens is 2. The minimum atomic E-state index is -0.196.